The fraction of sp³-hybridized carbons (Fsp3) is 0.500. The zero-order valence-electron chi connectivity index (χ0n) is 10.1. The van der Waals surface area contributed by atoms with Crippen LogP contribution in [0.25, 0.3) is 0 Å². The molecule has 0 unspecified atom stereocenters. The number of halogens is 1. The predicted octanol–water partition coefficient (Wildman–Crippen LogP) is 2.86. The lowest BCUT2D eigenvalue weighted by Crippen LogP contribution is -2.22. The van der Waals surface area contributed by atoms with Crippen LogP contribution < -0.4 is 14.8 Å². The summed E-state index contributed by atoms with van der Waals surface area (Å²) in [4.78, 5) is 0. The average molecular weight is 244 g/mol. The van der Waals surface area contributed by atoms with E-state index in [4.69, 9.17) is 21.1 Å². The minimum atomic E-state index is 0.421. The number of methoxy groups -OCH3 is 2. The van der Waals surface area contributed by atoms with Gasteiger partial charge in [-0.15, -0.1) is 0 Å². The number of ether oxygens (including phenoxy) is 2. The van der Waals surface area contributed by atoms with Crippen molar-refractivity contribution in [3.63, 3.8) is 0 Å². The second-order valence-corrected chi connectivity index (χ2v) is 4.24. The molecule has 1 rings (SSSR count). The Bertz CT molecular complexity index is 353. The molecule has 16 heavy (non-hydrogen) atoms. The molecule has 0 radical (unpaired) electrons. The molecule has 0 saturated carbocycles. The maximum atomic E-state index is 6.15. The van der Waals surface area contributed by atoms with Gasteiger partial charge in [0.25, 0.3) is 0 Å². The average Bonchev–Trinajstić information content (AvgIpc) is 2.26. The van der Waals surface area contributed by atoms with Crippen molar-refractivity contribution >= 4 is 11.6 Å². The SMILES string of the molecule is COc1cc(Cl)c(CNC(C)C)cc1OC. The Morgan fingerprint density at radius 2 is 1.75 bits per heavy atom. The first-order chi connectivity index (χ1) is 7.58. The van der Waals surface area contributed by atoms with E-state index in [1.54, 1.807) is 20.3 Å². The Hall–Kier alpha value is -0.930. The fourth-order valence-corrected chi connectivity index (χ4v) is 1.57. The van der Waals surface area contributed by atoms with Crippen LogP contribution in [-0.4, -0.2) is 20.3 Å². The van der Waals surface area contributed by atoms with Gasteiger partial charge in [-0.1, -0.05) is 25.4 Å². The molecule has 90 valence electrons. The van der Waals surface area contributed by atoms with Crippen molar-refractivity contribution in [2.75, 3.05) is 14.2 Å². The van der Waals surface area contributed by atoms with Crippen LogP contribution in [0.1, 0.15) is 19.4 Å². The fourth-order valence-electron chi connectivity index (χ4n) is 1.35. The third-order valence-corrected chi connectivity index (χ3v) is 2.61. The predicted molar refractivity (Wildman–Crippen MR) is 66.5 cm³/mol. The summed E-state index contributed by atoms with van der Waals surface area (Å²) >= 11 is 6.15. The summed E-state index contributed by atoms with van der Waals surface area (Å²) in [6, 6.07) is 4.10. The molecule has 0 amide bonds. The maximum absolute atomic E-state index is 6.15. The van der Waals surface area contributed by atoms with Crippen LogP contribution in [0.3, 0.4) is 0 Å². The molecule has 0 bridgehead atoms. The maximum Gasteiger partial charge on any atom is 0.162 e. The minimum absolute atomic E-state index is 0.421. The topological polar surface area (TPSA) is 30.5 Å². The molecule has 1 N–H and O–H groups in total. The largest absolute Gasteiger partial charge is 0.493 e. The van der Waals surface area contributed by atoms with E-state index in [9.17, 15) is 0 Å². The summed E-state index contributed by atoms with van der Waals surface area (Å²) in [6.45, 7) is 4.90. The van der Waals surface area contributed by atoms with Gasteiger partial charge in [-0.25, -0.2) is 0 Å². The molecule has 1 aromatic carbocycles. The van der Waals surface area contributed by atoms with Crippen molar-refractivity contribution in [3.8, 4) is 11.5 Å². The van der Waals surface area contributed by atoms with E-state index in [1.807, 2.05) is 6.07 Å². The van der Waals surface area contributed by atoms with Gasteiger partial charge >= 0.3 is 0 Å². The smallest absolute Gasteiger partial charge is 0.162 e. The molecule has 0 aliphatic heterocycles. The number of benzene rings is 1. The van der Waals surface area contributed by atoms with Crippen molar-refractivity contribution in [1.29, 1.82) is 0 Å². The van der Waals surface area contributed by atoms with E-state index in [1.165, 1.54) is 0 Å². The Kier molecular flexibility index (Phi) is 4.90. The van der Waals surface area contributed by atoms with Crippen molar-refractivity contribution < 1.29 is 9.47 Å². The highest BCUT2D eigenvalue weighted by Gasteiger charge is 2.09. The van der Waals surface area contributed by atoms with Gasteiger partial charge in [0, 0.05) is 23.7 Å². The van der Waals surface area contributed by atoms with Gasteiger partial charge in [-0.3, -0.25) is 0 Å². The second kappa shape index (κ2) is 5.97. The van der Waals surface area contributed by atoms with E-state index >= 15 is 0 Å². The molecule has 0 heterocycles. The molecule has 0 fully saturated rings. The molecular formula is C12H18ClNO2. The number of rotatable bonds is 5. The van der Waals surface area contributed by atoms with Crippen LogP contribution in [0.4, 0.5) is 0 Å². The highest BCUT2D eigenvalue weighted by atomic mass is 35.5. The quantitative estimate of drug-likeness (QED) is 0.863. The van der Waals surface area contributed by atoms with E-state index in [0.717, 1.165) is 12.1 Å². The highest BCUT2D eigenvalue weighted by molar-refractivity contribution is 6.31. The highest BCUT2D eigenvalue weighted by Crippen LogP contribution is 2.32. The van der Waals surface area contributed by atoms with Gasteiger partial charge < -0.3 is 14.8 Å². The van der Waals surface area contributed by atoms with Crippen molar-refractivity contribution in [3.05, 3.63) is 22.7 Å². The first kappa shape index (κ1) is 13.1. The molecule has 3 nitrogen and oxygen atoms in total. The van der Waals surface area contributed by atoms with Crippen LogP contribution in [0.5, 0.6) is 11.5 Å². The molecule has 0 spiro atoms. The first-order valence-electron chi connectivity index (χ1n) is 5.22. The number of nitrogens with one attached hydrogen (secondary N) is 1. The lowest BCUT2D eigenvalue weighted by Gasteiger charge is -2.13. The van der Waals surface area contributed by atoms with Gasteiger partial charge in [0.05, 0.1) is 14.2 Å². The van der Waals surface area contributed by atoms with E-state index in [2.05, 4.69) is 19.2 Å². The zero-order valence-corrected chi connectivity index (χ0v) is 10.9. The summed E-state index contributed by atoms with van der Waals surface area (Å²) < 4.78 is 10.4. The first-order valence-corrected chi connectivity index (χ1v) is 5.60. The molecule has 0 aliphatic carbocycles. The summed E-state index contributed by atoms with van der Waals surface area (Å²) in [5, 5.41) is 4.00. The van der Waals surface area contributed by atoms with Crippen molar-refractivity contribution in [1.82, 2.24) is 5.32 Å². The van der Waals surface area contributed by atoms with Gasteiger partial charge in [-0.2, -0.15) is 0 Å². The van der Waals surface area contributed by atoms with Crippen LogP contribution in [0.15, 0.2) is 12.1 Å². The Labute approximate surface area is 102 Å². The van der Waals surface area contributed by atoms with Gasteiger partial charge in [0.2, 0.25) is 0 Å². The van der Waals surface area contributed by atoms with Gasteiger partial charge in [-0.05, 0) is 11.6 Å². The van der Waals surface area contributed by atoms with Crippen molar-refractivity contribution in [2.24, 2.45) is 0 Å². The van der Waals surface area contributed by atoms with E-state index < -0.39 is 0 Å². The Balaban J connectivity index is 2.92. The Morgan fingerprint density at radius 1 is 1.19 bits per heavy atom. The van der Waals surface area contributed by atoms with Crippen LogP contribution in [0.2, 0.25) is 5.02 Å². The third-order valence-electron chi connectivity index (χ3n) is 2.25. The number of hydrogen-bond donors (Lipinski definition) is 1. The second-order valence-electron chi connectivity index (χ2n) is 3.83. The van der Waals surface area contributed by atoms with Gasteiger partial charge in [0.1, 0.15) is 0 Å². The van der Waals surface area contributed by atoms with E-state index in [-0.39, 0.29) is 0 Å². The zero-order chi connectivity index (χ0) is 12.1. The lowest BCUT2D eigenvalue weighted by molar-refractivity contribution is 0.354. The molecule has 0 aromatic heterocycles. The van der Waals surface area contributed by atoms with Crippen molar-refractivity contribution in [2.45, 2.75) is 26.4 Å². The lowest BCUT2D eigenvalue weighted by atomic mass is 10.2. The summed E-state index contributed by atoms with van der Waals surface area (Å²) in [6.07, 6.45) is 0. The molecule has 0 saturated heterocycles. The van der Waals surface area contributed by atoms with Crippen LogP contribution >= 0.6 is 11.6 Å². The van der Waals surface area contributed by atoms with E-state index in [0.29, 0.717) is 22.6 Å². The Morgan fingerprint density at radius 3 is 2.25 bits per heavy atom. The summed E-state index contributed by atoms with van der Waals surface area (Å²) in [7, 11) is 3.21. The minimum Gasteiger partial charge on any atom is -0.493 e. The number of hydrogen-bond acceptors (Lipinski definition) is 3. The van der Waals surface area contributed by atoms with Gasteiger partial charge in [0.15, 0.2) is 11.5 Å². The third kappa shape index (κ3) is 3.29. The molecule has 1 aromatic rings. The molecule has 0 aliphatic rings. The van der Waals surface area contributed by atoms with Crippen LogP contribution in [0, 0.1) is 0 Å². The standard InChI is InChI=1S/C12H18ClNO2/c1-8(2)14-7-9-5-11(15-3)12(16-4)6-10(9)13/h5-6,8,14H,7H2,1-4H3. The molecule has 4 heteroatoms. The molecular weight excluding hydrogens is 226 g/mol. The normalized spacial score (nSPS) is 10.6. The molecule has 0 atom stereocenters. The summed E-state index contributed by atoms with van der Waals surface area (Å²) in [5.41, 5.74) is 1.01. The van der Waals surface area contributed by atoms with Crippen LogP contribution in [-0.2, 0) is 6.54 Å². The monoisotopic (exact) mass is 243 g/mol. The summed E-state index contributed by atoms with van der Waals surface area (Å²) in [5.74, 6) is 1.35.